The van der Waals surface area contributed by atoms with Crippen LogP contribution in [0.25, 0.3) is 6.08 Å². The first-order valence-electron chi connectivity index (χ1n) is 10.6. The summed E-state index contributed by atoms with van der Waals surface area (Å²) in [4.78, 5) is 49.6. The molecule has 1 saturated heterocycles. The normalized spacial score (nSPS) is 14.9. The van der Waals surface area contributed by atoms with E-state index in [-0.39, 0.29) is 31.5 Å². The topological polar surface area (TPSA) is 119 Å². The molecule has 40 heavy (non-hydrogen) atoms. The molecule has 1 aliphatic heterocycles. The number of hydrogen-bond acceptors (Lipinski definition) is 6. The average molecular weight is 724 g/mol. The van der Waals surface area contributed by atoms with E-state index in [0.717, 1.165) is 12.1 Å². The Kier molecular flexibility index (Phi) is 8.26. The molecule has 0 atom stereocenters. The zero-order valence-corrected chi connectivity index (χ0v) is 23.9. The first-order valence-corrected chi connectivity index (χ1v) is 12.9. The Labute approximate surface area is 248 Å². The number of hydrogen-bond donors (Lipinski definition) is 1. The van der Waals surface area contributed by atoms with Gasteiger partial charge in [0, 0.05) is 16.1 Å². The highest BCUT2D eigenvalue weighted by molar-refractivity contribution is 9.11. The number of halogens is 7. The quantitative estimate of drug-likeness (QED) is 0.124. The zero-order chi connectivity index (χ0) is 29.5. The summed E-state index contributed by atoms with van der Waals surface area (Å²) in [5, 5.41) is 13.8. The number of carbonyl (C=O) groups excluding carboxylic acids is 3. The lowest BCUT2D eigenvalue weighted by molar-refractivity contribution is -0.385. The summed E-state index contributed by atoms with van der Waals surface area (Å²) in [7, 11) is 0. The fraction of sp³-hybridized carbons (Fsp3) is 0.0417. The monoisotopic (exact) mass is 721 g/mol. The second kappa shape index (κ2) is 11.2. The number of amides is 4. The number of nitro groups is 1. The van der Waals surface area contributed by atoms with E-state index < -0.39 is 51.5 Å². The minimum absolute atomic E-state index is 0.00238. The van der Waals surface area contributed by atoms with E-state index in [2.05, 4.69) is 31.9 Å². The van der Waals surface area contributed by atoms with E-state index in [9.17, 15) is 37.7 Å². The third-order valence-electron chi connectivity index (χ3n) is 5.29. The van der Waals surface area contributed by atoms with Crippen molar-refractivity contribution in [2.75, 3.05) is 4.90 Å². The summed E-state index contributed by atoms with van der Waals surface area (Å²) >= 11 is 18.4. The number of barbiturate groups is 1. The van der Waals surface area contributed by atoms with Crippen LogP contribution in [0.1, 0.15) is 11.1 Å². The van der Waals surface area contributed by atoms with Crippen LogP contribution in [-0.4, -0.2) is 22.8 Å². The van der Waals surface area contributed by atoms with Gasteiger partial charge in [-0.2, -0.15) is 13.2 Å². The molecule has 206 valence electrons. The minimum Gasteiger partial charge on any atom is -0.448 e. The summed E-state index contributed by atoms with van der Waals surface area (Å²) in [6.07, 6.45) is -3.79. The fourth-order valence-electron chi connectivity index (χ4n) is 3.50. The Morgan fingerprint density at radius 2 is 1.70 bits per heavy atom. The van der Waals surface area contributed by atoms with Crippen LogP contribution in [0.2, 0.25) is 10.0 Å². The summed E-state index contributed by atoms with van der Waals surface area (Å²) in [5.41, 5.74) is -2.78. The standard InChI is InChI=1S/C24H10Br2Cl2F3N3O6/c25-12-5-10(6-14-21(35)32-23(37)33(22(14)36)13-2-3-16(27)17(28)9-13)20(15(26)8-12)40-19-4-1-11(24(29,30)31)7-18(19)34(38)39/h1-9H,(H,32,35,37)/b14-6+. The van der Waals surface area contributed by atoms with Crippen LogP contribution in [-0.2, 0) is 15.8 Å². The first kappa shape index (κ1) is 29.5. The zero-order valence-electron chi connectivity index (χ0n) is 19.2. The van der Waals surface area contributed by atoms with Gasteiger partial charge in [0.2, 0.25) is 5.75 Å². The molecule has 0 aliphatic carbocycles. The highest BCUT2D eigenvalue weighted by Crippen LogP contribution is 2.42. The largest absolute Gasteiger partial charge is 0.448 e. The molecule has 1 fully saturated rings. The molecule has 4 amide bonds. The number of imide groups is 2. The van der Waals surface area contributed by atoms with Crippen molar-refractivity contribution in [3.63, 3.8) is 0 Å². The van der Waals surface area contributed by atoms with Crippen LogP contribution in [0.4, 0.5) is 29.3 Å². The van der Waals surface area contributed by atoms with Crippen molar-refractivity contribution >= 4 is 90.4 Å². The molecule has 0 unspecified atom stereocenters. The number of alkyl halides is 3. The highest BCUT2D eigenvalue weighted by atomic mass is 79.9. The van der Waals surface area contributed by atoms with E-state index in [1.807, 2.05) is 5.32 Å². The van der Waals surface area contributed by atoms with Crippen LogP contribution in [0.15, 0.2) is 63.0 Å². The smallest absolute Gasteiger partial charge is 0.416 e. The molecule has 4 rings (SSSR count). The van der Waals surface area contributed by atoms with Crippen LogP contribution in [0.5, 0.6) is 11.5 Å². The number of anilines is 1. The maximum atomic E-state index is 13.3. The molecule has 0 radical (unpaired) electrons. The predicted octanol–water partition coefficient (Wildman–Crippen LogP) is 7.90. The van der Waals surface area contributed by atoms with Crippen molar-refractivity contribution in [2.45, 2.75) is 6.18 Å². The van der Waals surface area contributed by atoms with Gasteiger partial charge in [0.15, 0.2) is 0 Å². The van der Waals surface area contributed by atoms with Gasteiger partial charge in [0.1, 0.15) is 11.3 Å². The van der Waals surface area contributed by atoms with Gasteiger partial charge in [0.05, 0.1) is 30.7 Å². The minimum atomic E-state index is -4.84. The van der Waals surface area contributed by atoms with Gasteiger partial charge in [-0.15, -0.1) is 0 Å². The van der Waals surface area contributed by atoms with E-state index in [0.29, 0.717) is 21.5 Å². The van der Waals surface area contributed by atoms with E-state index >= 15 is 0 Å². The van der Waals surface area contributed by atoms with Crippen LogP contribution >= 0.6 is 55.1 Å². The summed E-state index contributed by atoms with van der Waals surface area (Å²) in [6.45, 7) is 0. The van der Waals surface area contributed by atoms with Gasteiger partial charge in [0.25, 0.3) is 11.8 Å². The lowest BCUT2D eigenvalue weighted by atomic mass is 10.1. The molecule has 0 spiro atoms. The van der Waals surface area contributed by atoms with Gasteiger partial charge < -0.3 is 4.74 Å². The predicted molar refractivity (Wildman–Crippen MR) is 145 cm³/mol. The van der Waals surface area contributed by atoms with Gasteiger partial charge in [-0.1, -0.05) is 39.1 Å². The van der Waals surface area contributed by atoms with Crippen molar-refractivity contribution < 1.29 is 37.2 Å². The van der Waals surface area contributed by atoms with Gasteiger partial charge in [-0.3, -0.25) is 25.0 Å². The summed E-state index contributed by atoms with van der Waals surface area (Å²) < 4.78 is 45.6. The molecule has 3 aromatic rings. The number of nitro benzene ring substituents is 1. The molecule has 0 aromatic heterocycles. The summed E-state index contributed by atoms with van der Waals surface area (Å²) in [5.74, 6) is -2.84. The second-order valence-electron chi connectivity index (χ2n) is 7.90. The number of nitrogens with one attached hydrogen (secondary N) is 1. The SMILES string of the molecule is O=C1NC(=O)N(c2ccc(Cl)c(Cl)c2)C(=O)/C1=C/c1cc(Br)cc(Br)c1Oc1ccc(C(F)(F)F)cc1[N+](=O)[O-]. The molecule has 1 heterocycles. The Morgan fingerprint density at radius 1 is 1.00 bits per heavy atom. The number of rotatable bonds is 5. The van der Waals surface area contributed by atoms with Gasteiger partial charge in [-0.25, -0.2) is 9.69 Å². The molecule has 1 aliphatic rings. The van der Waals surface area contributed by atoms with Gasteiger partial charge >= 0.3 is 17.9 Å². The number of ether oxygens (including phenoxy) is 1. The number of carbonyl (C=O) groups is 3. The fourth-order valence-corrected chi connectivity index (χ4v) is 5.13. The van der Waals surface area contributed by atoms with E-state index in [4.69, 9.17) is 27.9 Å². The number of urea groups is 1. The summed E-state index contributed by atoms with van der Waals surface area (Å²) in [6, 6.07) is 7.38. The highest BCUT2D eigenvalue weighted by Gasteiger charge is 2.38. The van der Waals surface area contributed by atoms with E-state index in [1.54, 1.807) is 0 Å². The van der Waals surface area contributed by atoms with Crippen LogP contribution in [0, 0.1) is 10.1 Å². The lowest BCUT2D eigenvalue weighted by Crippen LogP contribution is -2.54. The molecule has 1 N–H and O–H groups in total. The Balaban J connectivity index is 1.81. The van der Waals surface area contributed by atoms with Crippen molar-refractivity contribution in [1.29, 1.82) is 0 Å². The lowest BCUT2D eigenvalue weighted by Gasteiger charge is -2.26. The first-order chi connectivity index (χ1) is 18.7. The Bertz CT molecular complexity index is 1650. The third kappa shape index (κ3) is 5.99. The van der Waals surface area contributed by atoms with Gasteiger partial charge in [-0.05, 0) is 64.5 Å². The molecule has 0 saturated carbocycles. The number of nitrogens with zero attached hydrogens (tertiary/aromatic N) is 2. The van der Waals surface area contributed by atoms with Crippen molar-refractivity contribution in [3.05, 3.63) is 94.3 Å². The Hall–Kier alpha value is -3.46. The maximum Gasteiger partial charge on any atom is 0.416 e. The Morgan fingerprint density at radius 3 is 2.33 bits per heavy atom. The number of benzene rings is 3. The molecule has 16 heteroatoms. The molecule has 3 aromatic carbocycles. The second-order valence-corrected chi connectivity index (χ2v) is 10.5. The molecule has 0 bridgehead atoms. The van der Waals surface area contributed by atoms with Crippen LogP contribution in [0.3, 0.4) is 0 Å². The molecular formula is C24H10Br2Cl2F3N3O6. The van der Waals surface area contributed by atoms with E-state index in [1.165, 1.54) is 30.3 Å². The maximum absolute atomic E-state index is 13.3. The van der Waals surface area contributed by atoms with Crippen LogP contribution < -0.4 is 15.0 Å². The molecule has 9 nitrogen and oxygen atoms in total. The third-order valence-corrected chi connectivity index (χ3v) is 7.08. The molecular weight excluding hydrogens is 714 g/mol. The average Bonchev–Trinajstić information content (AvgIpc) is 2.85. The van der Waals surface area contributed by atoms with Crippen molar-refractivity contribution in [3.8, 4) is 11.5 Å². The van der Waals surface area contributed by atoms with Crippen molar-refractivity contribution in [1.82, 2.24) is 5.32 Å². The van der Waals surface area contributed by atoms with Crippen molar-refractivity contribution in [2.24, 2.45) is 0 Å².